The van der Waals surface area contributed by atoms with Gasteiger partial charge in [0.25, 0.3) is 0 Å². The van der Waals surface area contributed by atoms with E-state index in [-0.39, 0.29) is 5.41 Å². The molecule has 108 valence electrons. The Hall–Kier alpha value is -0.830. The average molecular weight is 264 g/mol. The summed E-state index contributed by atoms with van der Waals surface area (Å²) in [6, 6.07) is 2.17. The van der Waals surface area contributed by atoms with Crippen molar-refractivity contribution in [1.82, 2.24) is 9.78 Å². The number of rotatable bonds is 4. The molecule has 2 atom stereocenters. The van der Waals surface area contributed by atoms with Gasteiger partial charge in [0.2, 0.25) is 0 Å². The van der Waals surface area contributed by atoms with Crippen LogP contribution in [0.3, 0.4) is 0 Å². The lowest BCUT2D eigenvalue weighted by atomic mass is 9.86. The summed E-state index contributed by atoms with van der Waals surface area (Å²) in [4.78, 5) is 0. The molecule has 1 aromatic heterocycles. The van der Waals surface area contributed by atoms with Crippen molar-refractivity contribution < 1.29 is 5.11 Å². The number of hydrogen-bond acceptors (Lipinski definition) is 2. The van der Waals surface area contributed by atoms with Crippen LogP contribution in [-0.2, 0) is 19.4 Å². The maximum absolute atomic E-state index is 11.0. The van der Waals surface area contributed by atoms with Crippen LogP contribution in [0, 0.1) is 11.3 Å². The molecule has 1 fully saturated rings. The second kappa shape index (κ2) is 4.93. The highest BCUT2D eigenvalue weighted by atomic mass is 16.3. The molecule has 0 spiro atoms. The Balaban J connectivity index is 2.23. The number of aryl methyl sites for hydroxylation is 2. The Morgan fingerprint density at radius 2 is 2.11 bits per heavy atom. The van der Waals surface area contributed by atoms with E-state index < -0.39 is 5.60 Å². The smallest absolute Gasteiger partial charge is 0.0733 e. The van der Waals surface area contributed by atoms with Gasteiger partial charge in [0.05, 0.1) is 11.3 Å². The van der Waals surface area contributed by atoms with Crippen molar-refractivity contribution in [3.8, 4) is 0 Å². The SMILES string of the molecule is CCc1cc(CC2(O)CC(C)(C)CC2C)n(CC)n1. The Labute approximate surface area is 117 Å². The van der Waals surface area contributed by atoms with Gasteiger partial charge in [0, 0.05) is 18.7 Å². The molecule has 0 aliphatic heterocycles. The van der Waals surface area contributed by atoms with E-state index in [4.69, 9.17) is 0 Å². The first-order valence-corrected chi connectivity index (χ1v) is 7.57. The summed E-state index contributed by atoms with van der Waals surface area (Å²) in [6.07, 6.45) is 3.68. The van der Waals surface area contributed by atoms with Crippen LogP contribution in [0.5, 0.6) is 0 Å². The molecule has 3 nitrogen and oxygen atoms in total. The zero-order chi connectivity index (χ0) is 14.3. The molecule has 2 unspecified atom stereocenters. The van der Waals surface area contributed by atoms with Crippen molar-refractivity contribution in [1.29, 1.82) is 0 Å². The van der Waals surface area contributed by atoms with Crippen LogP contribution in [-0.4, -0.2) is 20.5 Å². The summed E-state index contributed by atoms with van der Waals surface area (Å²) in [5.74, 6) is 0.354. The van der Waals surface area contributed by atoms with Crippen LogP contribution < -0.4 is 0 Å². The lowest BCUT2D eigenvalue weighted by molar-refractivity contribution is 0.00269. The third-order valence-electron chi connectivity index (χ3n) is 4.62. The lowest BCUT2D eigenvalue weighted by Crippen LogP contribution is -2.35. The van der Waals surface area contributed by atoms with Crippen molar-refractivity contribution in [3.05, 3.63) is 17.5 Å². The lowest BCUT2D eigenvalue weighted by Gasteiger charge is -2.28. The molecule has 2 rings (SSSR count). The van der Waals surface area contributed by atoms with E-state index in [1.807, 2.05) is 0 Å². The summed E-state index contributed by atoms with van der Waals surface area (Å²) in [5, 5.41) is 15.6. The molecule has 0 amide bonds. The topological polar surface area (TPSA) is 38.0 Å². The van der Waals surface area contributed by atoms with Gasteiger partial charge >= 0.3 is 0 Å². The summed E-state index contributed by atoms with van der Waals surface area (Å²) >= 11 is 0. The molecule has 0 aromatic carbocycles. The van der Waals surface area contributed by atoms with Crippen LogP contribution >= 0.6 is 0 Å². The number of aliphatic hydroxyl groups is 1. The molecular weight excluding hydrogens is 236 g/mol. The minimum atomic E-state index is -0.568. The second-order valence-corrected chi connectivity index (χ2v) is 7.02. The van der Waals surface area contributed by atoms with Crippen LogP contribution in [0.1, 0.15) is 58.8 Å². The molecule has 1 N–H and O–H groups in total. The summed E-state index contributed by atoms with van der Waals surface area (Å²) in [7, 11) is 0. The highest BCUT2D eigenvalue weighted by molar-refractivity contribution is 5.15. The van der Waals surface area contributed by atoms with Crippen molar-refractivity contribution in [3.63, 3.8) is 0 Å². The second-order valence-electron chi connectivity index (χ2n) is 7.02. The quantitative estimate of drug-likeness (QED) is 0.907. The van der Waals surface area contributed by atoms with Gasteiger partial charge in [-0.2, -0.15) is 5.10 Å². The third-order valence-corrected chi connectivity index (χ3v) is 4.62. The van der Waals surface area contributed by atoms with Crippen LogP contribution in [0.2, 0.25) is 0 Å². The average Bonchev–Trinajstić information content (AvgIpc) is 2.77. The maximum atomic E-state index is 11.0. The molecule has 19 heavy (non-hydrogen) atoms. The van der Waals surface area contributed by atoms with E-state index in [1.54, 1.807) is 0 Å². The van der Waals surface area contributed by atoms with Gasteiger partial charge in [0.1, 0.15) is 0 Å². The van der Waals surface area contributed by atoms with E-state index in [2.05, 4.69) is 50.5 Å². The Bertz CT molecular complexity index is 450. The Kier molecular flexibility index (Phi) is 3.78. The van der Waals surface area contributed by atoms with Gasteiger partial charge in [-0.3, -0.25) is 4.68 Å². The molecular formula is C16H28N2O. The summed E-state index contributed by atoms with van der Waals surface area (Å²) in [6.45, 7) is 11.8. The normalized spacial score (nSPS) is 29.9. The zero-order valence-corrected chi connectivity index (χ0v) is 13.0. The van der Waals surface area contributed by atoms with Crippen LogP contribution in [0.4, 0.5) is 0 Å². The fraction of sp³-hybridized carbons (Fsp3) is 0.812. The van der Waals surface area contributed by atoms with E-state index in [9.17, 15) is 5.11 Å². The number of nitrogens with zero attached hydrogens (tertiary/aromatic N) is 2. The van der Waals surface area contributed by atoms with Gasteiger partial charge < -0.3 is 5.11 Å². The first kappa shape index (κ1) is 14.6. The van der Waals surface area contributed by atoms with Crippen molar-refractivity contribution >= 4 is 0 Å². The monoisotopic (exact) mass is 264 g/mol. The van der Waals surface area contributed by atoms with Crippen molar-refractivity contribution in [2.24, 2.45) is 11.3 Å². The van der Waals surface area contributed by atoms with E-state index in [1.165, 1.54) is 5.69 Å². The first-order chi connectivity index (χ1) is 8.79. The van der Waals surface area contributed by atoms with Gasteiger partial charge in [-0.05, 0) is 43.6 Å². The Morgan fingerprint density at radius 3 is 2.58 bits per heavy atom. The van der Waals surface area contributed by atoms with Gasteiger partial charge in [0.15, 0.2) is 0 Å². The highest BCUT2D eigenvalue weighted by Gasteiger charge is 2.47. The molecule has 1 aliphatic rings. The molecule has 1 aromatic rings. The fourth-order valence-corrected chi connectivity index (χ4v) is 3.75. The number of hydrogen-bond donors (Lipinski definition) is 1. The van der Waals surface area contributed by atoms with Gasteiger partial charge in [-0.25, -0.2) is 0 Å². The summed E-state index contributed by atoms with van der Waals surface area (Å²) in [5.41, 5.74) is 2.00. The van der Waals surface area contributed by atoms with Crippen molar-refractivity contribution in [2.45, 2.75) is 72.4 Å². The predicted octanol–water partition coefficient (Wildman–Crippen LogP) is 3.20. The fourth-order valence-electron chi connectivity index (χ4n) is 3.75. The summed E-state index contributed by atoms with van der Waals surface area (Å²) < 4.78 is 2.05. The van der Waals surface area contributed by atoms with Crippen LogP contribution in [0.15, 0.2) is 6.07 Å². The van der Waals surface area contributed by atoms with Gasteiger partial charge in [-0.15, -0.1) is 0 Å². The molecule has 0 radical (unpaired) electrons. The molecule has 3 heteroatoms. The van der Waals surface area contributed by atoms with Crippen LogP contribution in [0.25, 0.3) is 0 Å². The molecule has 1 heterocycles. The largest absolute Gasteiger partial charge is 0.389 e. The van der Waals surface area contributed by atoms with E-state index in [0.29, 0.717) is 5.92 Å². The van der Waals surface area contributed by atoms with E-state index >= 15 is 0 Å². The van der Waals surface area contributed by atoms with E-state index in [0.717, 1.165) is 37.9 Å². The van der Waals surface area contributed by atoms with Crippen molar-refractivity contribution in [2.75, 3.05) is 0 Å². The maximum Gasteiger partial charge on any atom is 0.0733 e. The van der Waals surface area contributed by atoms with Gasteiger partial charge in [-0.1, -0.05) is 27.7 Å². The zero-order valence-electron chi connectivity index (χ0n) is 13.0. The predicted molar refractivity (Wildman–Crippen MR) is 78.1 cm³/mol. The number of aromatic nitrogens is 2. The highest BCUT2D eigenvalue weighted by Crippen LogP contribution is 2.48. The standard InChI is InChI=1S/C16H28N2O/c1-6-13-8-14(18(7-2)17-13)10-16(19)11-15(4,5)9-12(16)3/h8,12,19H,6-7,9-11H2,1-5H3. The Morgan fingerprint density at radius 1 is 1.42 bits per heavy atom. The minimum Gasteiger partial charge on any atom is -0.389 e. The molecule has 0 saturated heterocycles. The molecule has 1 aliphatic carbocycles. The third kappa shape index (κ3) is 2.86. The molecule has 0 bridgehead atoms. The first-order valence-electron chi connectivity index (χ1n) is 7.57. The minimum absolute atomic E-state index is 0.249. The molecule has 1 saturated carbocycles.